The standard InChI is InChI=1S/C58H90N4O16/c1-35-16-12-11-13-17-36(2)48(73-8)28-44-21-19-41(7)58(72,78-44)54(69)55(70)61-23-15-14-18-45(61)56(71)77-49(29-46(66)37(3)25-40(6)52(68)53(75-10)51(67)39(5)24-35)38(4)26-42-20-22-47(50(27-42)74-9)76-31-43-30-62(60-59-43)57(32-63,33-64)34-65/h11-13,16-17,25,30,35,38-42,44-45,47-50,52-53,63-65,68,72H,14-15,18-24,26-29,31-34H2,1-10H3/b13-11?,16-12?,36-17?,37-25+/t35-,38-,39-,40?,41-,42+,44+,45+,47-,48+,49+,50-,52-,53+,58-/m1/s1. The van der Waals surface area contributed by atoms with Crippen LogP contribution in [0, 0.1) is 35.5 Å². The van der Waals surface area contributed by atoms with Crippen LogP contribution in [0.15, 0.2) is 53.8 Å². The third-order valence-electron chi connectivity index (χ3n) is 16.8. The number of nitrogens with zero attached hydrogens (tertiary/aromatic N) is 4. The fourth-order valence-electron chi connectivity index (χ4n) is 11.5. The third kappa shape index (κ3) is 16.2. The second-order valence-electron chi connectivity index (χ2n) is 22.7. The minimum Gasteiger partial charge on any atom is -0.460 e. The first-order chi connectivity index (χ1) is 37.1. The molecule has 0 radical (unpaired) electrons. The van der Waals surface area contributed by atoms with Crippen molar-refractivity contribution in [3.63, 3.8) is 0 Å². The number of piperidine rings is 1. The Morgan fingerprint density at radius 1 is 0.859 bits per heavy atom. The van der Waals surface area contributed by atoms with Crippen molar-refractivity contribution < 1.29 is 77.9 Å². The SMILES string of the molecule is CO[C@H]1C[C@@H]2CC[C@@H](C)[C@@](O)(O2)C(=O)C(=O)N2CCCC[C@H]2C(=O)O[C@H]([C@H](C)C[C@@H]2CC[C@@H](OCc3cn(C(CO)(CO)CO)nn3)[C@H](OC)C2)CC(=O)/C(C)=C/C(C)[C@@H](O)[C@@H](OC)C(=O)[C@H](C)C[C@H](C)C=CC=CC=C1C. The summed E-state index contributed by atoms with van der Waals surface area (Å²) < 4.78 is 37.4. The van der Waals surface area contributed by atoms with Gasteiger partial charge < -0.3 is 58.9 Å². The lowest BCUT2D eigenvalue weighted by molar-refractivity contribution is -0.265. The maximum absolute atomic E-state index is 14.6. The van der Waals surface area contributed by atoms with Crippen molar-refractivity contribution in [3.05, 3.63) is 59.5 Å². The Labute approximate surface area is 460 Å². The summed E-state index contributed by atoms with van der Waals surface area (Å²) in [5.41, 5.74) is 0.140. The van der Waals surface area contributed by atoms with Crippen LogP contribution in [0.3, 0.4) is 0 Å². The Morgan fingerprint density at radius 2 is 1.58 bits per heavy atom. The van der Waals surface area contributed by atoms with Gasteiger partial charge >= 0.3 is 5.97 Å². The number of carbonyl (C=O) groups excluding carboxylic acids is 5. The number of hydrogen-bond donors (Lipinski definition) is 5. The van der Waals surface area contributed by atoms with E-state index >= 15 is 0 Å². The van der Waals surface area contributed by atoms with Gasteiger partial charge in [0.2, 0.25) is 5.79 Å². The highest BCUT2D eigenvalue weighted by Gasteiger charge is 2.53. The molecule has 2 bridgehead atoms. The summed E-state index contributed by atoms with van der Waals surface area (Å²) in [6.45, 7) is 11.0. The van der Waals surface area contributed by atoms with Crippen LogP contribution in [0.2, 0.25) is 0 Å². The average Bonchev–Trinajstić information content (AvgIpc) is 3.95. The molecule has 2 saturated heterocycles. The molecule has 1 unspecified atom stereocenters. The van der Waals surface area contributed by atoms with Crippen molar-refractivity contribution in [3.8, 4) is 0 Å². The molecule has 438 valence electrons. The van der Waals surface area contributed by atoms with E-state index < -0.39 is 109 Å². The first kappa shape index (κ1) is 64.5. The minimum atomic E-state index is -2.47. The molecule has 1 saturated carbocycles. The number of methoxy groups -OCH3 is 3. The zero-order chi connectivity index (χ0) is 57.5. The second-order valence-corrected chi connectivity index (χ2v) is 22.7. The number of rotatable bonds is 13. The molecular formula is C58H90N4O16. The number of aliphatic hydroxyl groups excluding tert-OH is 4. The maximum Gasteiger partial charge on any atom is 0.329 e. The number of ketones is 3. The normalized spacial score (nSPS) is 34.4. The summed E-state index contributed by atoms with van der Waals surface area (Å²) >= 11 is 0. The van der Waals surface area contributed by atoms with Gasteiger partial charge in [-0.2, -0.15) is 0 Å². The topological polar surface area (TPSA) is 276 Å². The molecule has 20 nitrogen and oxygen atoms in total. The molecule has 5 N–H and O–H groups in total. The predicted octanol–water partition coefficient (Wildman–Crippen LogP) is 4.67. The molecule has 5 rings (SSSR count). The number of hydrogen-bond acceptors (Lipinski definition) is 18. The van der Waals surface area contributed by atoms with E-state index in [1.54, 1.807) is 41.1 Å². The van der Waals surface area contributed by atoms with Gasteiger partial charge in [0, 0.05) is 58.5 Å². The molecule has 1 aromatic rings. The lowest BCUT2D eigenvalue weighted by Crippen LogP contribution is -2.61. The molecular weight excluding hydrogens is 1010 g/mol. The number of Topliss-reactive ketones (excluding diaryl/α,β-unsaturated/α-hetero) is 3. The van der Waals surface area contributed by atoms with Gasteiger partial charge in [-0.05, 0) is 107 Å². The van der Waals surface area contributed by atoms with Crippen molar-refractivity contribution >= 4 is 29.2 Å². The van der Waals surface area contributed by atoms with Crippen molar-refractivity contribution in [1.29, 1.82) is 0 Å². The van der Waals surface area contributed by atoms with Crippen LogP contribution >= 0.6 is 0 Å². The van der Waals surface area contributed by atoms with Crippen molar-refractivity contribution in [2.45, 2.75) is 192 Å². The molecule has 0 spiro atoms. The highest BCUT2D eigenvalue weighted by Crippen LogP contribution is 2.38. The number of aliphatic hydroxyl groups is 5. The quantitative estimate of drug-likeness (QED) is 0.133. The highest BCUT2D eigenvalue weighted by atomic mass is 16.6. The number of amides is 1. The van der Waals surface area contributed by atoms with E-state index in [9.17, 15) is 49.5 Å². The minimum absolute atomic E-state index is 0.00285. The Balaban J connectivity index is 1.42. The number of fused-ring (bicyclic) bond motifs is 3. The monoisotopic (exact) mass is 1100 g/mol. The van der Waals surface area contributed by atoms with Crippen LogP contribution < -0.4 is 0 Å². The van der Waals surface area contributed by atoms with E-state index in [1.165, 1.54) is 22.9 Å². The molecule has 1 amide bonds. The molecule has 1 aromatic heterocycles. The fraction of sp³-hybridized carbons (Fsp3) is 0.741. The van der Waals surface area contributed by atoms with Crippen LogP contribution in [0.4, 0.5) is 0 Å². The van der Waals surface area contributed by atoms with Gasteiger partial charge in [-0.1, -0.05) is 76.3 Å². The number of ether oxygens (including phenoxy) is 6. The summed E-state index contributed by atoms with van der Waals surface area (Å²) in [6, 6.07) is -1.19. The average molecular weight is 1100 g/mol. The summed E-state index contributed by atoms with van der Waals surface area (Å²) in [6.07, 6.45) is 12.4. The number of carbonyl (C=O) groups is 5. The highest BCUT2D eigenvalue weighted by molar-refractivity contribution is 6.39. The summed E-state index contributed by atoms with van der Waals surface area (Å²) in [7, 11) is 4.54. The Hall–Kier alpha value is -4.35. The molecule has 78 heavy (non-hydrogen) atoms. The molecule has 4 heterocycles. The van der Waals surface area contributed by atoms with Crippen LogP contribution in [0.1, 0.15) is 131 Å². The summed E-state index contributed by atoms with van der Waals surface area (Å²) in [4.78, 5) is 72.7. The zero-order valence-corrected chi connectivity index (χ0v) is 47.7. The molecule has 3 fully saturated rings. The van der Waals surface area contributed by atoms with Gasteiger partial charge in [0.25, 0.3) is 11.7 Å². The predicted molar refractivity (Wildman–Crippen MR) is 287 cm³/mol. The van der Waals surface area contributed by atoms with Gasteiger partial charge in [0.05, 0.1) is 63.1 Å². The molecule has 3 aliphatic heterocycles. The van der Waals surface area contributed by atoms with Crippen LogP contribution in [0.5, 0.6) is 0 Å². The maximum atomic E-state index is 14.6. The van der Waals surface area contributed by atoms with E-state index in [4.69, 9.17) is 28.4 Å². The van der Waals surface area contributed by atoms with E-state index in [1.807, 2.05) is 58.1 Å². The number of allylic oxidation sites excluding steroid dienone is 6. The van der Waals surface area contributed by atoms with Crippen molar-refractivity contribution in [1.82, 2.24) is 19.9 Å². The molecule has 0 aromatic carbocycles. The zero-order valence-electron chi connectivity index (χ0n) is 47.7. The van der Waals surface area contributed by atoms with Gasteiger partial charge in [-0.15, -0.1) is 5.10 Å². The fourth-order valence-corrected chi connectivity index (χ4v) is 11.5. The van der Waals surface area contributed by atoms with E-state index in [0.717, 1.165) is 5.57 Å². The third-order valence-corrected chi connectivity index (χ3v) is 16.8. The van der Waals surface area contributed by atoms with Crippen LogP contribution in [-0.2, 0) is 64.5 Å². The van der Waals surface area contributed by atoms with Gasteiger partial charge in [0.15, 0.2) is 11.6 Å². The van der Waals surface area contributed by atoms with Crippen LogP contribution in [0.25, 0.3) is 0 Å². The summed E-state index contributed by atoms with van der Waals surface area (Å²) in [5.74, 6) is -8.38. The lowest BCUT2D eigenvalue weighted by atomic mass is 9.78. The van der Waals surface area contributed by atoms with E-state index in [0.29, 0.717) is 69.9 Å². The number of aromatic nitrogens is 3. The molecule has 15 atom stereocenters. The van der Waals surface area contributed by atoms with Gasteiger partial charge in [-0.25, -0.2) is 9.48 Å². The molecule has 4 aliphatic rings. The molecule has 20 heteroatoms. The Morgan fingerprint density at radius 3 is 2.24 bits per heavy atom. The number of esters is 1. The first-order valence-electron chi connectivity index (χ1n) is 28.0. The Bertz CT molecular complexity index is 2270. The van der Waals surface area contributed by atoms with E-state index in [-0.39, 0.29) is 67.2 Å². The van der Waals surface area contributed by atoms with Gasteiger partial charge in [0.1, 0.15) is 29.5 Å². The lowest BCUT2D eigenvalue weighted by Gasteiger charge is -2.42. The smallest absolute Gasteiger partial charge is 0.329 e. The Kier molecular flexibility index (Phi) is 24.7. The van der Waals surface area contributed by atoms with Crippen LogP contribution in [-0.4, -0.2) is 177 Å². The second kappa shape index (κ2) is 29.9. The van der Waals surface area contributed by atoms with Crippen molar-refractivity contribution in [2.24, 2.45) is 35.5 Å². The number of cyclic esters (lactones) is 1. The molecule has 1 aliphatic carbocycles. The largest absolute Gasteiger partial charge is 0.460 e. The van der Waals surface area contributed by atoms with E-state index in [2.05, 4.69) is 10.3 Å². The van der Waals surface area contributed by atoms with Gasteiger partial charge in [-0.3, -0.25) is 19.2 Å². The summed E-state index contributed by atoms with van der Waals surface area (Å²) in [5, 5.41) is 61.3. The first-order valence-corrected chi connectivity index (χ1v) is 28.0. The van der Waals surface area contributed by atoms with Crippen molar-refractivity contribution in [2.75, 3.05) is 47.7 Å².